The Kier molecular flexibility index (Phi) is 8.24. The van der Waals surface area contributed by atoms with Crippen molar-refractivity contribution in [2.75, 3.05) is 19.9 Å². The van der Waals surface area contributed by atoms with Gasteiger partial charge in [-0.25, -0.2) is 4.79 Å². The lowest BCUT2D eigenvalue weighted by atomic mass is 9.53. The Balaban J connectivity index is 0.000000431. The van der Waals surface area contributed by atoms with Gasteiger partial charge in [0.25, 0.3) is 0 Å². The fraction of sp³-hybridized carbons (Fsp3) is 0.692. The molecule has 35 heavy (non-hydrogen) atoms. The number of hydrogen-bond acceptors (Lipinski definition) is 6. The van der Waals surface area contributed by atoms with E-state index in [1.54, 1.807) is 0 Å². The molecule has 6 nitrogen and oxygen atoms in total. The van der Waals surface area contributed by atoms with Crippen LogP contribution in [0.15, 0.2) is 18.2 Å². The Bertz CT molecular complexity index is 882. The second-order valence-corrected chi connectivity index (χ2v) is 10.1. The Labute approximate surface area is 203 Å². The van der Waals surface area contributed by atoms with Crippen LogP contribution in [0.1, 0.15) is 68.9 Å². The van der Waals surface area contributed by atoms with Crippen molar-refractivity contribution in [3.05, 3.63) is 29.3 Å². The Morgan fingerprint density at radius 1 is 1.09 bits per heavy atom. The molecule has 1 aliphatic heterocycles. The molecule has 0 radical (unpaired) electrons. The molecule has 194 valence electrons. The van der Waals surface area contributed by atoms with Gasteiger partial charge in [-0.2, -0.15) is 13.2 Å². The van der Waals surface area contributed by atoms with Crippen molar-refractivity contribution < 1.29 is 37.0 Å². The number of ether oxygens (including phenoxy) is 3. The lowest BCUT2D eigenvalue weighted by Crippen LogP contribution is -2.59. The summed E-state index contributed by atoms with van der Waals surface area (Å²) in [5.41, 5.74) is 3.26. The van der Waals surface area contributed by atoms with E-state index in [0.717, 1.165) is 37.5 Å². The van der Waals surface area contributed by atoms with E-state index in [1.807, 2.05) is 6.07 Å². The molecule has 1 N–H and O–H groups in total. The van der Waals surface area contributed by atoms with Crippen LogP contribution in [-0.4, -0.2) is 44.6 Å². The molecule has 0 aromatic heterocycles. The molecule has 1 heterocycles. The molecule has 0 unspecified atom stereocenters. The quantitative estimate of drug-likeness (QED) is 0.331. The number of carbonyl (C=O) groups is 2. The Morgan fingerprint density at radius 2 is 1.83 bits per heavy atom. The number of alkyl halides is 3. The van der Waals surface area contributed by atoms with Gasteiger partial charge < -0.3 is 19.5 Å². The molecule has 1 aromatic rings. The standard InChI is InChI=1S/C24H33NO4.C2HF3O/c26-23(27-15-17-5-1-2-6-17)29-16-28-19-9-8-18-13-22-20-7-3-4-10-24(20,11-12-25-22)21(18)14-19;3-2(4,5)1-6/h8-9,14,17,20,22,25H,1-7,10-13,15-16H2;1H/t20-,22+,24+;/m1./s1. The Hall–Kier alpha value is -2.29. The topological polar surface area (TPSA) is 73.9 Å². The summed E-state index contributed by atoms with van der Waals surface area (Å²) in [6.07, 6.45) is 6.09. The first-order chi connectivity index (χ1) is 16.8. The van der Waals surface area contributed by atoms with Crippen molar-refractivity contribution in [1.29, 1.82) is 0 Å². The first-order valence-corrected chi connectivity index (χ1v) is 12.6. The highest BCUT2D eigenvalue weighted by atomic mass is 19.4. The number of benzene rings is 1. The van der Waals surface area contributed by atoms with Crippen molar-refractivity contribution in [3.63, 3.8) is 0 Å². The molecule has 1 aromatic carbocycles. The molecule has 9 heteroatoms. The number of hydrogen-bond donors (Lipinski definition) is 1. The van der Waals surface area contributed by atoms with E-state index in [1.165, 1.54) is 56.1 Å². The second kappa shape index (κ2) is 11.2. The molecule has 0 spiro atoms. The SMILES string of the molecule is O=C(OCOc1ccc2c(c1)[C@]13CCCC[C@@H]1[C@H](C2)NCC3)OCC1CCCC1.O=CC(F)(F)F. The minimum absolute atomic E-state index is 0.0943. The van der Waals surface area contributed by atoms with Gasteiger partial charge >= 0.3 is 12.3 Å². The Morgan fingerprint density at radius 3 is 2.57 bits per heavy atom. The summed E-state index contributed by atoms with van der Waals surface area (Å²) >= 11 is 0. The van der Waals surface area contributed by atoms with Crippen LogP contribution in [0.2, 0.25) is 0 Å². The monoisotopic (exact) mass is 497 g/mol. The number of nitrogens with one attached hydrogen (secondary N) is 1. The summed E-state index contributed by atoms with van der Waals surface area (Å²) in [5.74, 6) is 2.04. The molecule has 2 bridgehead atoms. The number of aldehydes is 1. The van der Waals surface area contributed by atoms with Crippen LogP contribution in [0.3, 0.4) is 0 Å². The third-order valence-corrected chi connectivity index (χ3v) is 8.07. The van der Waals surface area contributed by atoms with Gasteiger partial charge in [-0.05, 0) is 80.2 Å². The second-order valence-electron chi connectivity index (χ2n) is 10.1. The van der Waals surface area contributed by atoms with Gasteiger partial charge in [0, 0.05) is 11.5 Å². The highest BCUT2D eigenvalue weighted by Gasteiger charge is 2.51. The molecule has 4 aliphatic rings. The van der Waals surface area contributed by atoms with Crippen LogP contribution in [0.4, 0.5) is 18.0 Å². The number of fused-ring (bicyclic) bond motifs is 1. The third-order valence-electron chi connectivity index (χ3n) is 8.07. The zero-order chi connectivity index (χ0) is 24.9. The normalized spacial score (nSPS) is 27.5. The molecule has 3 atom stereocenters. The largest absolute Gasteiger partial charge is 0.511 e. The van der Waals surface area contributed by atoms with Gasteiger partial charge in [-0.1, -0.05) is 31.7 Å². The van der Waals surface area contributed by atoms with Gasteiger partial charge in [0.15, 0.2) is 0 Å². The van der Waals surface area contributed by atoms with Gasteiger partial charge in [-0.15, -0.1) is 0 Å². The van der Waals surface area contributed by atoms with Crippen molar-refractivity contribution >= 4 is 12.4 Å². The molecule has 5 rings (SSSR count). The first kappa shape index (κ1) is 25.8. The van der Waals surface area contributed by atoms with E-state index in [9.17, 15) is 18.0 Å². The van der Waals surface area contributed by atoms with E-state index in [0.29, 0.717) is 24.0 Å². The van der Waals surface area contributed by atoms with Gasteiger partial charge in [0.1, 0.15) is 5.75 Å². The molecule has 1 saturated heterocycles. The molecule has 3 fully saturated rings. The van der Waals surface area contributed by atoms with Gasteiger partial charge in [0.2, 0.25) is 13.1 Å². The zero-order valence-corrected chi connectivity index (χ0v) is 19.9. The molecule has 3 aliphatic carbocycles. The van der Waals surface area contributed by atoms with E-state index in [4.69, 9.17) is 19.0 Å². The fourth-order valence-corrected chi connectivity index (χ4v) is 6.54. The van der Waals surface area contributed by atoms with Crippen LogP contribution in [0, 0.1) is 11.8 Å². The summed E-state index contributed by atoms with van der Waals surface area (Å²) < 4.78 is 47.4. The predicted octanol–water partition coefficient (Wildman–Crippen LogP) is 5.46. The molecule has 2 saturated carbocycles. The van der Waals surface area contributed by atoms with Crippen LogP contribution >= 0.6 is 0 Å². The lowest BCUT2D eigenvalue weighted by Gasteiger charge is -2.56. The highest BCUT2D eigenvalue weighted by Crippen LogP contribution is 2.54. The summed E-state index contributed by atoms with van der Waals surface area (Å²) in [7, 11) is 0. The van der Waals surface area contributed by atoms with Crippen molar-refractivity contribution in [2.24, 2.45) is 11.8 Å². The number of rotatable bonds is 5. The minimum Gasteiger partial charge on any atom is -0.457 e. The third kappa shape index (κ3) is 6.29. The van der Waals surface area contributed by atoms with Gasteiger partial charge in [0.05, 0.1) is 6.61 Å². The maximum absolute atomic E-state index is 11.8. The average Bonchev–Trinajstić information content (AvgIpc) is 3.37. The fourth-order valence-electron chi connectivity index (χ4n) is 6.54. The first-order valence-electron chi connectivity index (χ1n) is 12.6. The number of halogens is 3. The maximum atomic E-state index is 11.8. The minimum atomic E-state index is -4.64. The van der Waals surface area contributed by atoms with Crippen LogP contribution in [0.25, 0.3) is 0 Å². The van der Waals surface area contributed by atoms with Crippen LogP contribution in [-0.2, 0) is 26.1 Å². The average molecular weight is 498 g/mol. The molecular weight excluding hydrogens is 463 g/mol. The lowest BCUT2D eigenvalue weighted by molar-refractivity contribution is -0.156. The van der Waals surface area contributed by atoms with Crippen LogP contribution in [0.5, 0.6) is 5.75 Å². The smallest absolute Gasteiger partial charge is 0.457 e. The number of piperidine rings is 1. The van der Waals surface area contributed by atoms with E-state index in [2.05, 4.69) is 17.4 Å². The summed E-state index contributed by atoms with van der Waals surface area (Å²) in [5, 5.41) is 3.78. The van der Waals surface area contributed by atoms with E-state index >= 15 is 0 Å². The maximum Gasteiger partial charge on any atom is 0.511 e. The van der Waals surface area contributed by atoms with Crippen molar-refractivity contribution in [1.82, 2.24) is 5.32 Å². The summed E-state index contributed by atoms with van der Waals surface area (Å²) in [6.45, 7) is 1.49. The van der Waals surface area contributed by atoms with E-state index in [-0.39, 0.29) is 6.79 Å². The highest BCUT2D eigenvalue weighted by molar-refractivity contribution is 5.59. The predicted molar refractivity (Wildman–Crippen MR) is 122 cm³/mol. The molecule has 0 amide bonds. The van der Waals surface area contributed by atoms with Gasteiger partial charge in [-0.3, -0.25) is 4.79 Å². The van der Waals surface area contributed by atoms with Crippen LogP contribution < -0.4 is 10.1 Å². The summed E-state index contributed by atoms with van der Waals surface area (Å²) in [4.78, 5) is 20.5. The molecular formula is C26H34F3NO5. The summed E-state index contributed by atoms with van der Waals surface area (Å²) in [6, 6.07) is 7.08. The van der Waals surface area contributed by atoms with E-state index < -0.39 is 18.6 Å². The van der Waals surface area contributed by atoms with Crippen molar-refractivity contribution in [3.8, 4) is 5.75 Å². The van der Waals surface area contributed by atoms with Crippen molar-refractivity contribution in [2.45, 2.75) is 81.8 Å². The zero-order valence-electron chi connectivity index (χ0n) is 19.9. The number of carbonyl (C=O) groups excluding carboxylic acids is 2.